The van der Waals surface area contributed by atoms with Crippen LogP contribution >= 0.6 is 0 Å². The molecule has 9 heteroatoms. The van der Waals surface area contributed by atoms with Gasteiger partial charge in [-0.1, -0.05) is 18.2 Å². The third kappa shape index (κ3) is 5.06. The molecule has 2 aromatic carbocycles. The topological polar surface area (TPSA) is 91.5 Å². The normalized spacial score (nSPS) is 15.3. The van der Waals surface area contributed by atoms with Gasteiger partial charge in [0.25, 0.3) is 0 Å². The van der Waals surface area contributed by atoms with Crippen molar-refractivity contribution in [3.05, 3.63) is 70.7 Å². The van der Waals surface area contributed by atoms with E-state index in [0.29, 0.717) is 44.8 Å². The molecule has 1 aromatic heterocycles. The SMILES string of the molecule is Cc1[nH]c2c(F)ccc(C)c2c1CCNC(=O)/C=C/c1ccc(S(=O)(=O)N2CCOCC2)cc1. The van der Waals surface area contributed by atoms with Crippen LogP contribution in [0.1, 0.15) is 22.4 Å². The Balaban J connectivity index is 1.35. The molecule has 1 saturated heterocycles. The number of hydrogen-bond acceptors (Lipinski definition) is 4. The molecule has 2 heterocycles. The average Bonchev–Trinajstić information content (AvgIpc) is 3.18. The Kier molecular flexibility index (Phi) is 7.16. The summed E-state index contributed by atoms with van der Waals surface area (Å²) in [6.45, 7) is 5.73. The number of aryl methyl sites for hydroxylation is 2. The number of hydrogen-bond donors (Lipinski definition) is 2. The number of carbonyl (C=O) groups excluding carboxylic acids is 1. The van der Waals surface area contributed by atoms with Crippen molar-refractivity contribution in [2.45, 2.75) is 25.2 Å². The van der Waals surface area contributed by atoms with E-state index in [1.54, 1.807) is 36.4 Å². The molecule has 0 unspecified atom stereocenters. The van der Waals surface area contributed by atoms with Gasteiger partial charge in [0.05, 0.1) is 23.6 Å². The first-order valence-electron chi connectivity index (χ1n) is 11.2. The van der Waals surface area contributed by atoms with Crippen molar-refractivity contribution in [1.29, 1.82) is 0 Å². The maximum absolute atomic E-state index is 14.1. The molecule has 1 aliphatic rings. The maximum atomic E-state index is 14.1. The first kappa shape index (κ1) is 24.1. The van der Waals surface area contributed by atoms with E-state index in [0.717, 1.165) is 27.8 Å². The Bertz CT molecular complexity index is 1320. The van der Waals surface area contributed by atoms with Gasteiger partial charge in [-0.05, 0) is 61.2 Å². The minimum atomic E-state index is -3.54. The molecule has 2 N–H and O–H groups in total. The number of amides is 1. The highest BCUT2D eigenvalue weighted by Gasteiger charge is 2.26. The van der Waals surface area contributed by atoms with Crippen LogP contribution in [0.2, 0.25) is 0 Å². The van der Waals surface area contributed by atoms with Gasteiger partial charge in [0.2, 0.25) is 15.9 Å². The quantitative estimate of drug-likeness (QED) is 0.503. The summed E-state index contributed by atoms with van der Waals surface area (Å²) in [6.07, 6.45) is 3.62. The predicted octanol–water partition coefficient (Wildman–Crippen LogP) is 3.32. The van der Waals surface area contributed by atoms with Crippen molar-refractivity contribution >= 4 is 32.9 Å². The molecule has 180 valence electrons. The fraction of sp³-hybridized carbons (Fsp3) is 0.320. The second-order valence-corrected chi connectivity index (χ2v) is 10.2. The van der Waals surface area contributed by atoms with Gasteiger partial charge in [0.1, 0.15) is 5.82 Å². The molecule has 0 radical (unpaired) electrons. The van der Waals surface area contributed by atoms with Gasteiger partial charge in [-0.3, -0.25) is 4.79 Å². The Morgan fingerprint density at radius 1 is 1.15 bits per heavy atom. The summed E-state index contributed by atoms with van der Waals surface area (Å²) in [4.78, 5) is 15.6. The second-order valence-electron chi connectivity index (χ2n) is 8.30. The van der Waals surface area contributed by atoms with Gasteiger partial charge < -0.3 is 15.0 Å². The molecule has 1 aliphatic heterocycles. The first-order valence-corrected chi connectivity index (χ1v) is 12.6. The number of halogens is 1. The molecule has 1 fully saturated rings. The number of morpholine rings is 1. The number of H-pyrrole nitrogens is 1. The van der Waals surface area contributed by atoms with Crippen LogP contribution < -0.4 is 5.32 Å². The number of ether oxygens (including phenoxy) is 1. The van der Waals surface area contributed by atoms with E-state index in [1.807, 2.05) is 13.8 Å². The average molecular weight is 486 g/mol. The molecule has 0 spiro atoms. The number of rotatable bonds is 7. The van der Waals surface area contributed by atoms with Gasteiger partial charge in [-0.2, -0.15) is 4.31 Å². The lowest BCUT2D eigenvalue weighted by Gasteiger charge is -2.26. The molecular weight excluding hydrogens is 457 g/mol. The fourth-order valence-corrected chi connectivity index (χ4v) is 5.59. The first-order chi connectivity index (χ1) is 16.3. The van der Waals surface area contributed by atoms with Gasteiger partial charge >= 0.3 is 0 Å². The van der Waals surface area contributed by atoms with Gasteiger partial charge in [0, 0.05) is 36.8 Å². The van der Waals surface area contributed by atoms with Crippen LogP contribution in [0.3, 0.4) is 0 Å². The van der Waals surface area contributed by atoms with E-state index in [1.165, 1.54) is 16.4 Å². The third-order valence-electron chi connectivity index (χ3n) is 6.02. The Morgan fingerprint density at radius 2 is 1.85 bits per heavy atom. The van der Waals surface area contributed by atoms with Crippen LogP contribution in [0.15, 0.2) is 47.4 Å². The third-order valence-corrected chi connectivity index (χ3v) is 7.93. The van der Waals surface area contributed by atoms with E-state index in [9.17, 15) is 17.6 Å². The molecule has 0 saturated carbocycles. The Labute approximate surface area is 198 Å². The monoisotopic (exact) mass is 485 g/mol. The highest BCUT2D eigenvalue weighted by Crippen LogP contribution is 2.27. The number of nitrogens with zero attached hydrogens (tertiary/aromatic N) is 1. The summed E-state index contributed by atoms with van der Waals surface area (Å²) in [6, 6.07) is 9.64. The standard InChI is InChI=1S/C25H28FN3O4S/c1-17-3-9-22(26)25-24(17)21(18(2)28-25)11-12-27-23(30)10-6-19-4-7-20(8-5-19)34(31,32)29-13-15-33-16-14-29/h3-10,28H,11-16H2,1-2H3,(H,27,30)/b10-6+. The summed E-state index contributed by atoms with van der Waals surface area (Å²) >= 11 is 0. The number of aromatic amines is 1. The summed E-state index contributed by atoms with van der Waals surface area (Å²) in [5, 5.41) is 3.72. The van der Waals surface area contributed by atoms with Crippen LogP contribution in [0, 0.1) is 19.7 Å². The molecule has 0 aliphatic carbocycles. The van der Waals surface area contributed by atoms with Crippen molar-refractivity contribution in [2.75, 3.05) is 32.8 Å². The molecule has 0 atom stereocenters. The van der Waals surface area contributed by atoms with E-state index >= 15 is 0 Å². The van der Waals surface area contributed by atoms with Gasteiger partial charge in [-0.25, -0.2) is 12.8 Å². The molecule has 7 nitrogen and oxygen atoms in total. The summed E-state index contributed by atoms with van der Waals surface area (Å²) < 4.78 is 46.1. The van der Waals surface area contributed by atoms with Crippen molar-refractivity contribution in [3.63, 3.8) is 0 Å². The zero-order valence-corrected chi connectivity index (χ0v) is 20.0. The Morgan fingerprint density at radius 3 is 2.56 bits per heavy atom. The van der Waals surface area contributed by atoms with Crippen molar-refractivity contribution in [1.82, 2.24) is 14.6 Å². The van der Waals surface area contributed by atoms with Crippen molar-refractivity contribution in [3.8, 4) is 0 Å². The number of nitrogens with one attached hydrogen (secondary N) is 2. The number of carbonyl (C=O) groups is 1. The lowest BCUT2D eigenvalue weighted by atomic mass is 10.0. The van der Waals surface area contributed by atoms with Gasteiger partial charge in [0.15, 0.2) is 0 Å². The molecule has 1 amide bonds. The van der Waals surface area contributed by atoms with E-state index in [2.05, 4.69) is 10.3 Å². The predicted molar refractivity (Wildman–Crippen MR) is 129 cm³/mol. The van der Waals surface area contributed by atoms with Crippen LogP contribution in [-0.4, -0.2) is 56.5 Å². The molecule has 0 bridgehead atoms. The zero-order chi connectivity index (χ0) is 24.3. The van der Waals surface area contributed by atoms with E-state index in [-0.39, 0.29) is 16.6 Å². The van der Waals surface area contributed by atoms with Crippen LogP contribution in [0.5, 0.6) is 0 Å². The molecular formula is C25H28FN3O4S. The number of fused-ring (bicyclic) bond motifs is 1. The number of aromatic nitrogens is 1. The second kappa shape index (κ2) is 10.1. The van der Waals surface area contributed by atoms with E-state index in [4.69, 9.17) is 4.74 Å². The Hall–Kier alpha value is -3.01. The maximum Gasteiger partial charge on any atom is 0.244 e. The van der Waals surface area contributed by atoms with E-state index < -0.39 is 10.0 Å². The van der Waals surface area contributed by atoms with Crippen LogP contribution in [0.4, 0.5) is 4.39 Å². The van der Waals surface area contributed by atoms with Crippen molar-refractivity contribution < 1.29 is 22.3 Å². The largest absolute Gasteiger partial charge is 0.379 e. The number of benzene rings is 2. The highest BCUT2D eigenvalue weighted by molar-refractivity contribution is 7.89. The molecule has 4 rings (SSSR count). The number of sulfonamides is 1. The fourth-order valence-electron chi connectivity index (χ4n) is 4.18. The zero-order valence-electron chi connectivity index (χ0n) is 19.2. The minimum Gasteiger partial charge on any atom is -0.379 e. The lowest BCUT2D eigenvalue weighted by Crippen LogP contribution is -2.40. The van der Waals surface area contributed by atoms with Crippen LogP contribution in [0.25, 0.3) is 17.0 Å². The lowest BCUT2D eigenvalue weighted by molar-refractivity contribution is -0.116. The molecule has 3 aromatic rings. The molecule has 34 heavy (non-hydrogen) atoms. The summed E-state index contributed by atoms with van der Waals surface area (Å²) in [5.41, 5.74) is 4.09. The summed E-state index contributed by atoms with van der Waals surface area (Å²) in [7, 11) is -3.54. The van der Waals surface area contributed by atoms with Crippen molar-refractivity contribution in [2.24, 2.45) is 0 Å². The smallest absolute Gasteiger partial charge is 0.244 e. The van der Waals surface area contributed by atoms with Crippen LogP contribution in [-0.2, 0) is 26.0 Å². The van der Waals surface area contributed by atoms with Gasteiger partial charge in [-0.15, -0.1) is 0 Å². The minimum absolute atomic E-state index is 0.219. The summed E-state index contributed by atoms with van der Waals surface area (Å²) in [5.74, 6) is -0.545. The highest BCUT2D eigenvalue weighted by atomic mass is 32.2.